The van der Waals surface area contributed by atoms with Gasteiger partial charge < -0.3 is 4.74 Å². The van der Waals surface area contributed by atoms with Crippen LogP contribution in [0.4, 0.5) is 4.39 Å². The second kappa shape index (κ2) is 6.79. The van der Waals surface area contributed by atoms with Gasteiger partial charge in [-0.25, -0.2) is 14.2 Å². The van der Waals surface area contributed by atoms with Gasteiger partial charge in [0.25, 0.3) is 0 Å². The fourth-order valence-electron chi connectivity index (χ4n) is 3.38. The van der Waals surface area contributed by atoms with E-state index in [-0.39, 0.29) is 18.1 Å². The molecule has 1 atom stereocenters. The summed E-state index contributed by atoms with van der Waals surface area (Å²) in [5, 5.41) is 0. The maximum Gasteiger partial charge on any atom is 0.358 e. The van der Waals surface area contributed by atoms with Crippen LogP contribution in [0.2, 0.25) is 0 Å². The number of aromatic nitrogens is 2. The SMILES string of the molecule is CCOC(=O)c1ncn2c1[C@@H](C)N=C(c1ccccc1F)c1ccccc1-2. The lowest BCUT2D eigenvalue weighted by Gasteiger charge is -2.11. The standard InChI is InChI=1S/C21H18FN3O2/c1-3-27-21(26)19-20-13(2)24-18(14-8-4-6-10-16(14)22)15-9-5-7-11-17(15)25(20)12-23-19/h4-13H,3H2,1-2H3/t13-/m1/s1. The first-order chi connectivity index (χ1) is 13.1. The van der Waals surface area contributed by atoms with Crippen molar-refractivity contribution in [2.75, 3.05) is 6.61 Å². The third-order valence-electron chi connectivity index (χ3n) is 4.54. The summed E-state index contributed by atoms with van der Waals surface area (Å²) >= 11 is 0. The summed E-state index contributed by atoms with van der Waals surface area (Å²) in [4.78, 5) is 21.4. The smallest absolute Gasteiger partial charge is 0.358 e. The van der Waals surface area contributed by atoms with Crippen molar-refractivity contribution in [1.82, 2.24) is 9.55 Å². The molecule has 136 valence electrons. The molecule has 0 saturated carbocycles. The number of halogens is 1. The van der Waals surface area contributed by atoms with Crippen LogP contribution in [0.5, 0.6) is 0 Å². The molecule has 0 radical (unpaired) electrons. The number of hydrogen-bond acceptors (Lipinski definition) is 4. The molecule has 6 heteroatoms. The van der Waals surface area contributed by atoms with E-state index < -0.39 is 12.0 Å². The minimum atomic E-state index is -0.486. The molecule has 0 spiro atoms. The summed E-state index contributed by atoms with van der Waals surface area (Å²) in [7, 11) is 0. The molecule has 0 fully saturated rings. The summed E-state index contributed by atoms with van der Waals surface area (Å²) in [5.74, 6) is -0.825. The Morgan fingerprint density at radius 1 is 1.15 bits per heavy atom. The van der Waals surface area contributed by atoms with E-state index in [1.54, 1.807) is 31.5 Å². The van der Waals surface area contributed by atoms with Gasteiger partial charge in [0.2, 0.25) is 0 Å². The third kappa shape index (κ3) is 2.83. The van der Waals surface area contributed by atoms with Gasteiger partial charge in [-0.15, -0.1) is 0 Å². The van der Waals surface area contributed by atoms with Gasteiger partial charge in [0.15, 0.2) is 5.69 Å². The van der Waals surface area contributed by atoms with Crippen LogP contribution in [0.1, 0.15) is 47.2 Å². The molecule has 0 saturated heterocycles. The van der Waals surface area contributed by atoms with E-state index in [0.29, 0.717) is 17.0 Å². The van der Waals surface area contributed by atoms with Gasteiger partial charge in [0, 0.05) is 11.1 Å². The number of hydrogen-bond donors (Lipinski definition) is 0. The topological polar surface area (TPSA) is 56.5 Å². The molecule has 0 bridgehead atoms. The van der Waals surface area contributed by atoms with Crippen LogP contribution < -0.4 is 0 Å². The molecule has 0 aliphatic carbocycles. The van der Waals surface area contributed by atoms with Gasteiger partial charge in [0.05, 0.1) is 29.7 Å². The highest BCUT2D eigenvalue weighted by Gasteiger charge is 2.29. The molecule has 27 heavy (non-hydrogen) atoms. The van der Waals surface area contributed by atoms with Crippen LogP contribution >= 0.6 is 0 Å². The minimum absolute atomic E-state index is 0.234. The lowest BCUT2D eigenvalue weighted by Crippen LogP contribution is -2.11. The quantitative estimate of drug-likeness (QED) is 0.658. The zero-order valence-corrected chi connectivity index (χ0v) is 15.0. The first kappa shape index (κ1) is 17.1. The van der Waals surface area contributed by atoms with Gasteiger partial charge in [-0.05, 0) is 32.0 Å². The van der Waals surface area contributed by atoms with Crippen molar-refractivity contribution in [2.45, 2.75) is 19.9 Å². The van der Waals surface area contributed by atoms with Crippen molar-refractivity contribution in [2.24, 2.45) is 4.99 Å². The Morgan fingerprint density at radius 2 is 1.85 bits per heavy atom. The van der Waals surface area contributed by atoms with Crippen LogP contribution in [-0.4, -0.2) is 27.8 Å². The predicted molar refractivity (Wildman–Crippen MR) is 100.0 cm³/mol. The van der Waals surface area contributed by atoms with E-state index in [2.05, 4.69) is 4.98 Å². The zero-order valence-electron chi connectivity index (χ0n) is 15.0. The Hall–Kier alpha value is -3.28. The van der Waals surface area contributed by atoms with Gasteiger partial charge >= 0.3 is 5.97 Å². The number of nitrogens with zero attached hydrogens (tertiary/aromatic N) is 3. The highest BCUT2D eigenvalue weighted by atomic mass is 19.1. The summed E-state index contributed by atoms with van der Waals surface area (Å²) in [5.41, 5.74) is 3.41. The largest absolute Gasteiger partial charge is 0.461 e. The molecule has 1 aliphatic rings. The molecule has 3 aromatic rings. The number of fused-ring (bicyclic) bond motifs is 3. The molecule has 2 aromatic carbocycles. The minimum Gasteiger partial charge on any atom is -0.461 e. The van der Waals surface area contributed by atoms with E-state index in [1.807, 2.05) is 35.8 Å². The number of para-hydroxylation sites is 1. The van der Waals surface area contributed by atoms with Crippen molar-refractivity contribution in [1.29, 1.82) is 0 Å². The molecule has 1 aliphatic heterocycles. The van der Waals surface area contributed by atoms with Gasteiger partial charge in [-0.3, -0.25) is 9.56 Å². The Labute approximate surface area is 156 Å². The Bertz CT molecular complexity index is 1060. The lowest BCUT2D eigenvalue weighted by atomic mass is 10.00. The van der Waals surface area contributed by atoms with Crippen molar-refractivity contribution < 1.29 is 13.9 Å². The number of esters is 1. The number of benzene rings is 2. The second-order valence-electron chi connectivity index (χ2n) is 6.22. The molecular weight excluding hydrogens is 345 g/mol. The summed E-state index contributed by atoms with van der Waals surface area (Å²) < 4.78 is 21.5. The number of aliphatic imine (C=N–C) groups is 1. The molecule has 4 rings (SSSR count). The average Bonchev–Trinajstić information content (AvgIpc) is 3.07. The monoisotopic (exact) mass is 363 g/mol. The first-order valence-electron chi connectivity index (χ1n) is 8.78. The maximum absolute atomic E-state index is 14.5. The van der Waals surface area contributed by atoms with Crippen molar-refractivity contribution in [3.63, 3.8) is 0 Å². The highest BCUT2D eigenvalue weighted by molar-refractivity contribution is 6.15. The molecule has 0 amide bonds. The molecule has 2 heterocycles. The van der Waals surface area contributed by atoms with Crippen LogP contribution in [0, 0.1) is 5.82 Å². The Balaban J connectivity index is 1.97. The number of carbonyl (C=O) groups is 1. The average molecular weight is 363 g/mol. The van der Waals surface area contributed by atoms with Gasteiger partial charge in [-0.1, -0.05) is 30.3 Å². The number of imidazole rings is 1. The van der Waals surface area contributed by atoms with Crippen LogP contribution in [-0.2, 0) is 4.74 Å². The molecular formula is C21H18FN3O2. The first-order valence-corrected chi connectivity index (χ1v) is 8.78. The zero-order chi connectivity index (χ0) is 19.0. The van der Waals surface area contributed by atoms with E-state index in [9.17, 15) is 9.18 Å². The van der Waals surface area contributed by atoms with Gasteiger partial charge in [0.1, 0.15) is 12.1 Å². The van der Waals surface area contributed by atoms with Crippen LogP contribution in [0.25, 0.3) is 5.69 Å². The number of ether oxygens (including phenoxy) is 1. The molecule has 5 nitrogen and oxygen atoms in total. The fourth-order valence-corrected chi connectivity index (χ4v) is 3.38. The van der Waals surface area contributed by atoms with E-state index in [0.717, 1.165) is 11.3 Å². The van der Waals surface area contributed by atoms with E-state index >= 15 is 0 Å². The third-order valence-corrected chi connectivity index (χ3v) is 4.54. The van der Waals surface area contributed by atoms with E-state index in [1.165, 1.54) is 6.07 Å². The molecule has 1 aromatic heterocycles. The number of rotatable bonds is 3. The highest BCUT2D eigenvalue weighted by Crippen LogP contribution is 2.32. The predicted octanol–water partition coefficient (Wildman–Crippen LogP) is 4.10. The normalized spacial score (nSPS) is 15.4. The number of carbonyl (C=O) groups excluding carboxylic acids is 1. The lowest BCUT2D eigenvalue weighted by molar-refractivity contribution is 0.0518. The molecule has 0 unspecified atom stereocenters. The summed E-state index contributed by atoms with van der Waals surface area (Å²) in [6, 6.07) is 13.7. The Kier molecular flexibility index (Phi) is 4.32. The Morgan fingerprint density at radius 3 is 2.59 bits per heavy atom. The van der Waals surface area contributed by atoms with E-state index in [4.69, 9.17) is 9.73 Å². The van der Waals surface area contributed by atoms with Crippen LogP contribution in [0.15, 0.2) is 59.9 Å². The van der Waals surface area contributed by atoms with Gasteiger partial charge in [-0.2, -0.15) is 0 Å². The van der Waals surface area contributed by atoms with Crippen molar-refractivity contribution >= 4 is 11.7 Å². The van der Waals surface area contributed by atoms with Crippen molar-refractivity contribution in [3.05, 3.63) is 83.2 Å². The van der Waals surface area contributed by atoms with Crippen LogP contribution in [0.3, 0.4) is 0 Å². The van der Waals surface area contributed by atoms with Crippen molar-refractivity contribution in [3.8, 4) is 5.69 Å². The fraction of sp³-hybridized carbons (Fsp3) is 0.190. The second-order valence-corrected chi connectivity index (χ2v) is 6.22. The maximum atomic E-state index is 14.5. The summed E-state index contributed by atoms with van der Waals surface area (Å²) in [6.07, 6.45) is 1.59. The summed E-state index contributed by atoms with van der Waals surface area (Å²) in [6.45, 7) is 3.88. The molecule has 0 N–H and O–H groups in total.